The molecule has 6 heteroatoms. The maximum atomic E-state index is 12.7. The van der Waals surface area contributed by atoms with E-state index in [2.05, 4.69) is 15.6 Å². The molecule has 0 saturated carbocycles. The molecule has 0 aliphatic rings. The van der Waals surface area contributed by atoms with Gasteiger partial charge in [0.05, 0.1) is 0 Å². The van der Waals surface area contributed by atoms with Crippen LogP contribution in [0.4, 0.5) is 5.82 Å². The molecule has 0 spiro atoms. The molecule has 27 heavy (non-hydrogen) atoms. The zero-order valence-electron chi connectivity index (χ0n) is 16.6. The van der Waals surface area contributed by atoms with E-state index in [9.17, 15) is 9.59 Å². The van der Waals surface area contributed by atoms with Gasteiger partial charge in [0.15, 0.2) is 0 Å². The molecule has 2 N–H and O–H groups in total. The van der Waals surface area contributed by atoms with Gasteiger partial charge in [-0.3, -0.25) is 9.59 Å². The number of aryl methyl sites for hydroxylation is 1. The van der Waals surface area contributed by atoms with Crippen molar-refractivity contribution in [1.82, 2.24) is 15.6 Å². The normalized spacial score (nSPS) is 11.8. The van der Waals surface area contributed by atoms with Crippen molar-refractivity contribution in [1.29, 1.82) is 0 Å². The summed E-state index contributed by atoms with van der Waals surface area (Å²) in [5, 5.41) is 5.80. The van der Waals surface area contributed by atoms with Gasteiger partial charge >= 0.3 is 0 Å². The number of nitrogens with one attached hydrogen (secondary N) is 2. The Bertz CT molecular complexity index is 802. The molecule has 1 heterocycles. The van der Waals surface area contributed by atoms with Gasteiger partial charge in [-0.15, -0.1) is 0 Å². The molecule has 0 saturated heterocycles. The molecule has 144 valence electrons. The molecule has 1 atom stereocenters. The van der Waals surface area contributed by atoms with Crippen molar-refractivity contribution >= 4 is 17.6 Å². The van der Waals surface area contributed by atoms with Crippen LogP contribution in [0.2, 0.25) is 0 Å². The topological polar surface area (TPSA) is 74.3 Å². The third kappa shape index (κ3) is 5.29. The fraction of sp³-hybridized carbons (Fsp3) is 0.381. The smallest absolute Gasteiger partial charge is 0.252 e. The van der Waals surface area contributed by atoms with Crippen LogP contribution in [0.25, 0.3) is 0 Å². The van der Waals surface area contributed by atoms with E-state index in [4.69, 9.17) is 0 Å². The van der Waals surface area contributed by atoms with E-state index in [1.165, 1.54) is 0 Å². The second-order valence-corrected chi connectivity index (χ2v) is 7.11. The van der Waals surface area contributed by atoms with Crippen LogP contribution in [0.5, 0.6) is 0 Å². The molecule has 2 amide bonds. The summed E-state index contributed by atoms with van der Waals surface area (Å²) in [6, 6.07) is 10.5. The largest absolute Gasteiger partial charge is 0.362 e. The van der Waals surface area contributed by atoms with Crippen molar-refractivity contribution < 1.29 is 9.59 Å². The Hall–Kier alpha value is -2.89. The summed E-state index contributed by atoms with van der Waals surface area (Å²) in [5.74, 6) is 0.320. The number of aromatic nitrogens is 1. The number of carbonyl (C=O) groups is 2. The van der Waals surface area contributed by atoms with Crippen molar-refractivity contribution in [3.8, 4) is 0 Å². The lowest BCUT2D eigenvalue weighted by Crippen LogP contribution is -2.49. The lowest BCUT2D eigenvalue weighted by molar-refractivity contribution is -0.124. The summed E-state index contributed by atoms with van der Waals surface area (Å²) < 4.78 is 0. The Morgan fingerprint density at radius 3 is 2.44 bits per heavy atom. The molecular weight excluding hydrogens is 340 g/mol. The predicted octanol–water partition coefficient (Wildman–Crippen LogP) is 2.53. The van der Waals surface area contributed by atoms with Gasteiger partial charge in [-0.1, -0.05) is 38.1 Å². The first-order valence-electron chi connectivity index (χ1n) is 9.06. The zero-order chi connectivity index (χ0) is 20.0. The molecule has 2 aromatic rings. The first-order valence-corrected chi connectivity index (χ1v) is 9.06. The highest BCUT2D eigenvalue weighted by atomic mass is 16.2. The highest BCUT2D eigenvalue weighted by Gasteiger charge is 2.25. The zero-order valence-corrected chi connectivity index (χ0v) is 16.6. The van der Waals surface area contributed by atoms with Crippen LogP contribution >= 0.6 is 0 Å². The molecule has 0 bridgehead atoms. The molecular formula is C21H28N4O2. The molecule has 0 aliphatic heterocycles. The summed E-state index contributed by atoms with van der Waals surface area (Å²) in [6.07, 6.45) is 1.72. The number of carbonyl (C=O) groups excluding carboxylic acids is 2. The minimum atomic E-state index is -0.614. The first-order chi connectivity index (χ1) is 12.8. The van der Waals surface area contributed by atoms with E-state index >= 15 is 0 Å². The monoisotopic (exact) mass is 368 g/mol. The maximum absolute atomic E-state index is 12.7. The number of hydrogen-bond acceptors (Lipinski definition) is 4. The molecule has 6 nitrogen and oxygen atoms in total. The van der Waals surface area contributed by atoms with Gasteiger partial charge in [-0.05, 0) is 30.5 Å². The summed E-state index contributed by atoms with van der Waals surface area (Å²) in [6.45, 7) is 6.06. The molecule has 1 aromatic heterocycles. The van der Waals surface area contributed by atoms with Crippen LogP contribution < -0.4 is 15.5 Å². The third-order valence-electron chi connectivity index (χ3n) is 4.37. The number of rotatable bonds is 7. The Morgan fingerprint density at radius 2 is 1.81 bits per heavy atom. The highest BCUT2D eigenvalue weighted by Crippen LogP contribution is 2.14. The van der Waals surface area contributed by atoms with Crippen molar-refractivity contribution in [3.63, 3.8) is 0 Å². The van der Waals surface area contributed by atoms with Crippen LogP contribution in [0.3, 0.4) is 0 Å². The fourth-order valence-electron chi connectivity index (χ4n) is 2.84. The summed E-state index contributed by atoms with van der Waals surface area (Å²) in [4.78, 5) is 31.6. The van der Waals surface area contributed by atoms with E-state index in [0.717, 1.165) is 16.9 Å². The highest BCUT2D eigenvalue weighted by molar-refractivity contribution is 5.98. The van der Waals surface area contributed by atoms with E-state index in [1.807, 2.05) is 70.1 Å². The van der Waals surface area contributed by atoms with Crippen molar-refractivity contribution in [2.75, 3.05) is 19.0 Å². The minimum Gasteiger partial charge on any atom is -0.362 e. The minimum absolute atomic E-state index is 0.0415. The molecule has 2 rings (SSSR count). The molecule has 0 aliphatic carbocycles. The number of hydrogen-bond donors (Lipinski definition) is 2. The van der Waals surface area contributed by atoms with Crippen LogP contribution in [0.15, 0.2) is 42.6 Å². The summed E-state index contributed by atoms with van der Waals surface area (Å²) in [5.41, 5.74) is 2.38. The van der Waals surface area contributed by atoms with Crippen LogP contribution in [-0.4, -0.2) is 36.9 Å². The van der Waals surface area contributed by atoms with Crippen molar-refractivity contribution in [2.24, 2.45) is 5.92 Å². The van der Waals surface area contributed by atoms with E-state index < -0.39 is 6.04 Å². The van der Waals surface area contributed by atoms with Gasteiger partial charge in [0.25, 0.3) is 5.91 Å². The first kappa shape index (κ1) is 20.4. The van der Waals surface area contributed by atoms with Gasteiger partial charge in [0.1, 0.15) is 11.9 Å². The third-order valence-corrected chi connectivity index (χ3v) is 4.37. The Morgan fingerprint density at radius 1 is 1.11 bits per heavy atom. The average molecular weight is 368 g/mol. The van der Waals surface area contributed by atoms with Crippen LogP contribution in [0.1, 0.15) is 35.3 Å². The van der Waals surface area contributed by atoms with Crippen LogP contribution in [-0.2, 0) is 11.3 Å². The van der Waals surface area contributed by atoms with Gasteiger partial charge in [0.2, 0.25) is 5.91 Å². The Kier molecular flexibility index (Phi) is 6.93. The van der Waals surface area contributed by atoms with Crippen molar-refractivity contribution in [3.05, 3.63) is 59.3 Å². The number of amides is 2. The summed E-state index contributed by atoms with van der Waals surface area (Å²) in [7, 11) is 3.82. The number of anilines is 1. The van der Waals surface area contributed by atoms with Crippen molar-refractivity contribution in [2.45, 2.75) is 33.4 Å². The van der Waals surface area contributed by atoms with E-state index in [-0.39, 0.29) is 17.7 Å². The average Bonchev–Trinajstić information content (AvgIpc) is 2.64. The van der Waals surface area contributed by atoms with Gasteiger partial charge in [-0.25, -0.2) is 4.98 Å². The Balaban J connectivity index is 2.07. The molecule has 1 unspecified atom stereocenters. The van der Waals surface area contributed by atoms with Gasteiger partial charge in [0, 0.05) is 38.0 Å². The quantitative estimate of drug-likeness (QED) is 0.788. The molecule has 0 radical (unpaired) electrons. The second kappa shape index (κ2) is 9.16. The lowest BCUT2D eigenvalue weighted by Gasteiger charge is -2.23. The molecule has 1 aromatic carbocycles. The second-order valence-electron chi connectivity index (χ2n) is 7.11. The maximum Gasteiger partial charge on any atom is 0.252 e. The standard InChI is InChI=1S/C21H28N4O2/c1-14(2)18(24-20(26)17-11-7-6-9-15(17)3)21(27)23-13-16-10-8-12-22-19(16)25(4)5/h6-12,14,18H,13H2,1-5H3,(H,23,27)(H,24,26). The summed E-state index contributed by atoms with van der Waals surface area (Å²) >= 11 is 0. The van der Waals surface area contributed by atoms with E-state index in [0.29, 0.717) is 12.1 Å². The van der Waals surface area contributed by atoms with E-state index in [1.54, 1.807) is 12.3 Å². The number of pyridine rings is 1. The number of benzene rings is 1. The molecule has 0 fully saturated rings. The van der Waals surface area contributed by atoms with Gasteiger partial charge in [-0.2, -0.15) is 0 Å². The van der Waals surface area contributed by atoms with Gasteiger partial charge < -0.3 is 15.5 Å². The lowest BCUT2D eigenvalue weighted by atomic mass is 10.0. The number of nitrogens with zero attached hydrogens (tertiary/aromatic N) is 2. The predicted molar refractivity (Wildman–Crippen MR) is 108 cm³/mol. The van der Waals surface area contributed by atoms with Crippen LogP contribution in [0, 0.1) is 12.8 Å². The Labute approximate surface area is 161 Å². The SMILES string of the molecule is Cc1ccccc1C(=O)NC(C(=O)NCc1cccnc1N(C)C)C(C)C. The fourth-order valence-corrected chi connectivity index (χ4v) is 2.84.